The van der Waals surface area contributed by atoms with E-state index >= 15 is 0 Å². The highest BCUT2D eigenvalue weighted by atomic mass is 35.5. The molecule has 17 heavy (non-hydrogen) atoms. The van der Waals surface area contributed by atoms with Crippen LogP contribution in [-0.4, -0.2) is 6.54 Å². The van der Waals surface area contributed by atoms with Crippen LogP contribution >= 0.6 is 11.6 Å². The Kier molecular flexibility index (Phi) is 5.73. The Balaban J connectivity index is 2.88. The SMILES string of the molecule is C=C(CC)CC(NCC)c1ccc(C)c(Cl)c1. The predicted molar refractivity (Wildman–Crippen MR) is 76.7 cm³/mol. The molecule has 0 saturated heterocycles. The molecule has 1 unspecified atom stereocenters. The molecule has 0 aromatic heterocycles. The standard InChI is InChI=1S/C15H22ClN/c1-5-11(3)9-15(17-6-2)13-8-7-12(4)14(16)10-13/h7-8,10,15,17H,3,5-6,9H2,1-2,4H3. The van der Waals surface area contributed by atoms with Crippen molar-refractivity contribution in [3.63, 3.8) is 0 Å². The third kappa shape index (κ3) is 4.18. The third-order valence-corrected chi connectivity index (χ3v) is 3.45. The van der Waals surface area contributed by atoms with Crippen molar-refractivity contribution in [3.8, 4) is 0 Å². The molecule has 1 atom stereocenters. The number of benzene rings is 1. The van der Waals surface area contributed by atoms with Crippen LogP contribution in [-0.2, 0) is 0 Å². The Morgan fingerprint density at radius 3 is 2.65 bits per heavy atom. The number of rotatable bonds is 6. The van der Waals surface area contributed by atoms with E-state index in [-0.39, 0.29) is 0 Å². The summed E-state index contributed by atoms with van der Waals surface area (Å²) >= 11 is 6.18. The molecule has 0 aliphatic carbocycles. The first-order valence-corrected chi connectivity index (χ1v) is 6.62. The molecule has 2 heteroatoms. The van der Waals surface area contributed by atoms with Crippen molar-refractivity contribution in [3.05, 3.63) is 46.5 Å². The lowest BCUT2D eigenvalue weighted by Crippen LogP contribution is -2.21. The summed E-state index contributed by atoms with van der Waals surface area (Å²) in [6.45, 7) is 11.3. The number of nitrogens with one attached hydrogen (secondary N) is 1. The monoisotopic (exact) mass is 251 g/mol. The summed E-state index contributed by atoms with van der Waals surface area (Å²) in [4.78, 5) is 0. The lowest BCUT2D eigenvalue weighted by Gasteiger charge is -2.20. The predicted octanol–water partition coefficient (Wildman–Crippen LogP) is 4.66. The van der Waals surface area contributed by atoms with Crippen LogP contribution in [0, 0.1) is 6.92 Å². The Hall–Kier alpha value is -0.790. The van der Waals surface area contributed by atoms with E-state index < -0.39 is 0 Å². The molecule has 0 aliphatic rings. The maximum absolute atomic E-state index is 6.18. The molecule has 0 radical (unpaired) electrons. The quantitative estimate of drug-likeness (QED) is 0.726. The molecule has 1 rings (SSSR count). The van der Waals surface area contributed by atoms with Gasteiger partial charge in [0, 0.05) is 11.1 Å². The van der Waals surface area contributed by atoms with E-state index in [1.165, 1.54) is 11.1 Å². The average Bonchev–Trinajstić information content (AvgIpc) is 2.32. The molecular weight excluding hydrogens is 230 g/mol. The highest BCUT2D eigenvalue weighted by Gasteiger charge is 2.12. The van der Waals surface area contributed by atoms with Gasteiger partial charge in [0.1, 0.15) is 0 Å². The van der Waals surface area contributed by atoms with E-state index in [9.17, 15) is 0 Å². The van der Waals surface area contributed by atoms with E-state index in [1.807, 2.05) is 6.92 Å². The minimum absolute atomic E-state index is 0.325. The van der Waals surface area contributed by atoms with Gasteiger partial charge < -0.3 is 5.32 Å². The van der Waals surface area contributed by atoms with E-state index in [4.69, 9.17) is 11.6 Å². The summed E-state index contributed by atoms with van der Waals surface area (Å²) < 4.78 is 0. The van der Waals surface area contributed by atoms with Gasteiger partial charge in [-0.3, -0.25) is 0 Å². The summed E-state index contributed by atoms with van der Waals surface area (Å²) in [5, 5.41) is 4.33. The van der Waals surface area contributed by atoms with Gasteiger partial charge in [0.05, 0.1) is 0 Å². The van der Waals surface area contributed by atoms with Crippen LogP contribution in [0.5, 0.6) is 0 Å². The number of halogens is 1. The zero-order valence-corrected chi connectivity index (χ0v) is 11.8. The lowest BCUT2D eigenvalue weighted by atomic mass is 9.97. The van der Waals surface area contributed by atoms with E-state index in [0.29, 0.717) is 6.04 Å². The molecule has 0 aliphatic heterocycles. The van der Waals surface area contributed by atoms with Crippen LogP contribution in [0.1, 0.15) is 43.9 Å². The first-order valence-electron chi connectivity index (χ1n) is 6.24. The average molecular weight is 252 g/mol. The van der Waals surface area contributed by atoms with E-state index in [1.54, 1.807) is 0 Å². The third-order valence-electron chi connectivity index (χ3n) is 3.04. The van der Waals surface area contributed by atoms with Crippen molar-refractivity contribution in [2.75, 3.05) is 6.54 Å². The lowest BCUT2D eigenvalue weighted by molar-refractivity contribution is 0.543. The van der Waals surface area contributed by atoms with E-state index in [0.717, 1.165) is 30.0 Å². The largest absolute Gasteiger partial charge is 0.310 e. The summed E-state index contributed by atoms with van der Waals surface area (Å²) in [7, 11) is 0. The minimum atomic E-state index is 0.325. The van der Waals surface area contributed by atoms with Crippen LogP contribution in [0.3, 0.4) is 0 Å². The Morgan fingerprint density at radius 2 is 2.12 bits per heavy atom. The van der Waals surface area contributed by atoms with Crippen molar-refractivity contribution in [2.24, 2.45) is 0 Å². The smallest absolute Gasteiger partial charge is 0.0438 e. The van der Waals surface area contributed by atoms with Gasteiger partial charge in [-0.1, -0.05) is 49.7 Å². The normalized spacial score (nSPS) is 12.5. The topological polar surface area (TPSA) is 12.0 Å². The highest BCUT2D eigenvalue weighted by molar-refractivity contribution is 6.31. The Bertz CT molecular complexity index is 385. The van der Waals surface area contributed by atoms with Gasteiger partial charge in [-0.2, -0.15) is 0 Å². The van der Waals surface area contributed by atoms with Gasteiger partial charge >= 0.3 is 0 Å². The van der Waals surface area contributed by atoms with E-state index in [2.05, 4.69) is 43.9 Å². The summed E-state index contributed by atoms with van der Waals surface area (Å²) in [5.74, 6) is 0. The molecule has 1 aromatic carbocycles. The zero-order valence-electron chi connectivity index (χ0n) is 11.0. The van der Waals surface area contributed by atoms with Gasteiger partial charge in [0.15, 0.2) is 0 Å². The van der Waals surface area contributed by atoms with Crippen molar-refractivity contribution in [2.45, 2.75) is 39.7 Å². The van der Waals surface area contributed by atoms with Gasteiger partial charge in [-0.05, 0) is 43.5 Å². The number of hydrogen-bond donors (Lipinski definition) is 1. The molecule has 0 spiro atoms. The molecule has 1 aromatic rings. The number of aryl methyl sites for hydroxylation is 1. The second kappa shape index (κ2) is 6.83. The second-order valence-electron chi connectivity index (χ2n) is 4.43. The fraction of sp³-hybridized carbons (Fsp3) is 0.467. The molecule has 0 amide bonds. The fourth-order valence-electron chi connectivity index (χ4n) is 1.81. The summed E-state index contributed by atoms with van der Waals surface area (Å²) in [6, 6.07) is 6.62. The van der Waals surface area contributed by atoms with Gasteiger partial charge in [0.25, 0.3) is 0 Å². The zero-order chi connectivity index (χ0) is 12.8. The van der Waals surface area contributed by atoms with Crippen LogP contribution in [0.4, 0.5) is 0 Å². The second-order valence-corrected chi connectivity index (χ2v) is 4.83. The summed E-state index contributed by atoms with van der Waals surface area (Å²) in [5.41, 5.74) is 3.64. The molecule has 94 valence electrons. The van der Waals surface area contributed by atoms with Gasteiger partial charge in [0.2, 0.25) is 0 Å². The van der Waals surface area contributed by atoms with Crippen molar-refractivity contribution in [1.82, 2.24) is 5.32 Å². The first kappa shape index (κ1) is 14.3. The van der Waals surface area contributed by atoms with Crippen LogP contribution in [0.15, 0.2) is 30.4 Å². The first-order chi connectivity index (χ1) is 8.08. The van der Waals surface area contributed by atoms with Crippen LogP contribution in [0.2, 0.25) is 5.02 Å². The molecule has 0 bridgehead atoms. The fourth-order valence-corrected chi connectivity index (χ4v) is 2.00. The molecule has 1 nitrogen and oxygen atoms in total. The van der Waals surface area contributed by atoms with Crippen molar-refractivity contribution >= 4 is 11.6 Å². The van der Waals surface area contributed by atoms with Gasteiger partial charge in [-0.25, -0.2) is 0 Å². The van der Waals surface area contributed by atoms with Gasteiger partial charge in [-0.15, -0.1) is 0 Å². The van der Waals surface area contributed by atoms with Crippen molar-refractivity contribution in [1.29, 1.82) is 0 Å². The van der Waals surface area contributed by atoms with Crippen molar-refractivity contribution < 1.29 is 0 Å². The minimum Gasteiger partial charge on any atom is -0.310 e. The number of hydrogen-bond acceptors (Lipinski definition) is 1. The Morgan fingerprint density at radius 1 is 1.41 bits per heavy atom. The molecular formula is C15H22ClN. The highest BCUT2D eigenvalue weighted by Crippen LogP contribution is 2.26. The molecule has 0 fully saturated rings. The summed E-state index contributed by atoms with van der Waals surface area (Å²) in [6.07, 6.45) is 2.01. The maximum atomic E-state index is 6.18. The maximum Gasteiger partial charge on any atom is 0.0438 e. The van der Waals surface area contributed by atoms with Crippen LogP contribution < -0.4 is 5.32 Å². The molecule has 1 N–H and O–H groups in total. The Labute approximate surface area is 110 Å². The molecule has 0 saturated carbocycles. The van der Waals surface area contributed by atoms with Crippen LogP contribution in [0.25, 0.3) is 0 Å². The molecule has 0 heterocycles.